The number of methoxy groups -OCH3 is 2. The fourth-order valence-corrected chi connectivity index (χ4v) is 3.49. The molecule has 0 spiro atoms. The van der Waals surface area contributed by atoms with E-state index in [1.165, 1.54) is 14.2 Å². The number of carbonyl (C=O) groups excluding carboxylic acids is 4. The van der Waals surface area contributed by atoms with Gasteiger partial charge in [-0.25, -0.2) is 0 Å². The van der Waals surface area contributed by atoms with Crippen molar-refractivity contribution >= 4 is 29.3 Å². The van der Waals surface area contributed by atoms with E-state index >= 15 is 0 Å². The monoisotopic (exact) mass is 518 g/mol. The Labute approximate surface area is 220 Å². The van der Waals surface area contributed by atoms with Crippen molar-refractivity contribution < 1.29 is 28.7 Å². The summed E-state index contributed by atoms with van der Waals surface area (Å²) in [6.45, 7) is 3.51. The van der Waals surface area contributed by atoms with Crippen LogP contribution in [0.5, 0.6) is 11.5 Å². The summed E-state index contributed by atoms with van der Waals surface area (Å²) in [6.07, 6.45) is 0. The lowest BCUT2D eigenvalue weighted by atomic mass is 10.0. The molecule has 0 aliphatic heterocycles. The van der Waals surface area contributed by atoms with E-state index in [2.05, 4.69) is 21.5 Å². The normalized spacial score (nSPS) is 11.2. The van der Waals surface area contributed by atoms with Crippen LogP contribution in [0.1, 0.15) is 44.9 Å². The van der Waals surface area contributed by atoms with Gasteiger partial charge in [-0.15, -0.1) is 0 Å². The van der Waals surface area contributed by atoms with Gasteiger partial charge in [0.1, 0.15) is 17.5 Å². The van der Waals surface area contributed by atoms with Gasteiger partial charge in [0.05, 0.1) is 25.5 Å². The van der Waals surface area contributed by atoms with E-state index in [0.29, 0.717) is 22.6 Å². The highest BCUT2D eigenvalue weighted by Gasteiger charge is 2.26. The van der Waals surface area contributed by atoms with E-state index in [-0.39, 0.29) is 17.2 Å². The lowest BCUT2D eigenvalue weighted by molar-refractivity contribution is -0.124. The van der Waals surface area contributed by atoms with Crippen LogP contribution in [0.25, 0.3) is 0 Å². The molecule has 0 aliphatic rings. The number of anilines is 1. The number of nitrogens with one attached hydrogen (secondary N) is 4. The molecule has 0 heterocycles. The minimum atomic E-state index is -0.969. The van der Waals surface area contributed by atoms with E-state index in [0.717, 1.165) is 0 Å². The summed E-state index contributed by atoms with van der Waals surface area (Å²) in [7, 11) is 3.05. The van der Waals surface area contributed by atoms with E-state index in [9.17, 15) is 19.2 Å². The van der Waals surface area contributed by atoms with Gasteiger partial charge >= 0.3 is 0 Å². The molecular weight excluding hydrogens is 488 g/mol. The highest BCUT2D eigenvalue weighted by atomic mass is 16.5. The Morgan fingerprint density at radius 3 is 1.71 bits per heavy atom. The molecular formula is C28H30N4O6. The number of benzene rings is 3. The summed E-state index contributed by atoms with van der Waals surface area (Å²) in [5, 5.41) is 5.43. The predicted molar refractivity (Wildman–Crippen MR) is 142 cm³/mol. The van der Waals surface area contributed by atoms with Crippen molar-refractivity contribution in [3.8, 4) is 11.5 Å². The van der Waals surface area contributed by atoms with Crippen LogP contribution in [0, 0.1) is 5.92 Å². The van der Waals surface area contributed by atoms with Gasteiger partial charge in [0, 0.05) is 11.1 Å². The molecule has 3 aromatic rings. The first-order chi connectivity index (χ1) is 18.2. The zero-order valence-corrected chi connectivity index (χ0v) is 21.5. The van der Waals surface area contributed by atoms with Crippen LogP contribution in [-0.4, -0.2) is 43.9 Å². The summed E-state index contributed by atoms with van der Waals surface area (Å²) < 4.78 is 10.2. The lowest BCUT2D eigenvalue weighted by Gasteiger charge is -2.22. The maximum atomic E-state index is 13.1. The molecule has 0 bridgehead atoms. The van der Waals surface area contributed by atoms with Gasteiger partial charge in [-0.2, -0.15) is 0 Å². The number of rotatable bonds is 9. The Hall–Kier alpha value is -4.86. The quantitative estimate of drug-likeness (QED) is 0.322. The van der Waals surface area contributed by atoms with Crippen molar-refractivity contribution in [2.24, 2.45) is 5.92 Å². The summed E-state index contributed by atoms with van der Waals surface area (Å²) in [6, 6.07) is 18.4. The molecule has 3 aromatic carbocycles. The maximum absolute atomic E-state index is 13.1. The van der Waals surface area contributed by atoms with Gasteiger partial charge in [0.2, 0.25) is 0 Å². The Bertz CT molecular complexity index is 1290. The van der Waals surface area contributed by atoms with Gasteiger partial charge in [0.15, 0.2) is 0 Å². The molecule has 10 heteroatoms. The zero-order valence-electron chi connectivity index (χ0n) is 21.5. The average Bonchev–Trinajstić information content (AvgIpc) is 2.94. The number of hydrazine groups is 1. The number of amides is 4. The number of ether oxygens (including phenoxy) is 2. The first kappa shape index (κ1) is 27.7. The van der Waals surface area contributed by atoms with E-state index in [4.69, 9.17) is 9.47 Å². The second kappa shape index (κ2) is 12.9. The molecule has 3 rings (SSSR count). The van der Waals surface area contributed by atoms with Crippen LogP contribution < -0.4 is 31.0 Å². The first-order valence-corrected chi connectivity index (χ1v) is 11.8. The number of hydrogen-bond donors (Lipinski definition) is 4. The van der Waals surface area contributed by atoms with E-state index < -0.39 is 29.7 Å². The highest BCUT2D eigenvalue weighted by molar-refractivity contribution is 6.09. The molecule has 4 N–H and O–H groups in total. The minimum Gasteiger partial charge on any atom is -0.497 e. The summed E-state index contributed by atoms with van der Waals surface area (Å²) >= 11 is 0. The highest BCUT2D eigenvalue weighted by Crippen LogP contribution is 2.18. The van der Waals surface area contributed by atoms with Crippen molar-refractivity contribution in [1.29, 1.82) is 0 Å². The van der Waals surface area contributed by atoms with Crippen LogP contribution >= 0.6 is 0 Å². The fourth-order valence-electron chi connectivity index (χ4n) is 3.49. The molecule has 1 atom stereocenters. The summed E-state index contributed by atoms with van der Waals surface area (Å²) in [5.41, 5.74) is 5.87. The maximum Gasteiger partial charge on any atom is 0.269 e. The van der Waals surface area contributed by atoms with Crippen LogP contribution in [-0.2, 0) is 4.79 Å². The van der Waals surface area contributed by atoms with Crippen molar-refractivity contribution in [1.82, 2.24) is 16.2 Å². The second-order valence-corrected chi connectivity index (χ2v) is 8.60. The molecule has 0 fully saturated rings. The standard InChI is InChI=1S/C28H30N4O6/c1-17(2)24(28(36)32-31-26(34)19-11-15-21(38-4)16-12-19)30-27(35)22-7-5-6-8-23(22)29-25(33)18-9-13-20(37-3)14-10-18/h5-17,24H,1-4H3,(H,29,33)(H,30,35)(H,31,34)(H,32,36)/t24-/m1/s1. The number of para-hydroxylation sites is 1. The van der Waals surface area contributed by atoms with Gasteiger partial charge in [-0.1, -0.05) is 26.0 Å². The number of hydrogen-bond acceptors (Lipinski definition) is 6. The summed E-state index contributed by atoms with van der Waals surface area (Å²) in [4.78, 5) is 51.1. The van der Waals surface area contributed by atoms with Crippen molar-refractivity contribution in [3.05, 3.63) is 89.5 Å². The molecule has 198 valence electrons. The molecule has 0 saturated carbocycles. The van der Waals surface area contributed by atoms with Crippen LogP contribution in [0.15, 0.2) is 72.8 Å². The third kappa shape index (κ3) is 7.10. The zero-order chi connectivity index (χ0) is 27.7. The third-order valence-electron chi connectivity index (χ3n) is 5.66. The Kier molecular flexibility index (Phi) is 9.42. The average molecular weight is 519 g/mol. The SMILES string of the molecule is COc1ccc(C(=O)NNC(=O)[C@H](NC(=O)c2ccccc2NC(=O)c2ccc(OC)cc2)C(C)C)cc1. The molecule has 0 radical (unpaired) electrons. The largest absolute Gasteiger partial charge is 0.497 e. The van der Waals surface area contributed by atoms with E-state index in [1.54, 1.807) is 86.6 Å². The van der Waals surface area contributed by atoms with Crippen molar-refractivity contribution in [2.75, 3.05) is 19.5 Å². The topological polar surface area (TPSA) is 135 Å². The summed E-state index contributed by atoms with van der Waals surface area (Å²) in [5.74, 6) is -1.21. The minimum absolute atomic E-state index is 0.176. The Balaban J connectivity index is 1.66. The first-order valence-electron chi connectivity index (χ1n) is 11.8. The fraction of sp³-hybridized carbons (Fsp3) is 0.214. The van der Waals surface area contributed by atoms with Gasteiger partial charge in [-0.3, -0.25) is 30.0 Å². The van der Waals surface area contributed by atoms with Gasteiger partial charge in [0.25, 0.3) is 23.6 Å². The molecule has 0 aromatic heterocycles. The van der Waals surface area contributed by atoms with Crippen molar-refractivity contribution in [3.63, 3.8) is 0 Å². The number of carbonyl (C=O) groups is 4. The third-order valence-corrected chi connectivity index (χ3v) is 5.66. The molecule has 0 unspecified atom stereocenters. The van der Waals surface area contributed by atoms with Gasteiger partial charge in [-0.05, 0) is 66.6 Å². The molecule has 0 saturated heterocycles. The van der Waals surface area contributed by atoms with Crippen LogP contribution in [0.3, 0.4) is 0 Å². The van der Waals surface area contributed by atoms with E-state index in [1.807, 2.05) is 0 Å². The van der Waals surface area contributed by atoms with Gasteiger partial charge < -0.3 is 20.1 Å². The molecule has 0 aliphatic carbocycles. The van der Waals surface area contributed by atoms with Crippen LogP contribution in [0.2, 0.25) is 0 Å². The molecule has 38 heavy (non-hydrogen) atoms. The predicted octanol–water partition coefficient (Wildman–Crippen LogP) is 3.17. The molecule has 4 amide bonds. The Morgan fingerprint density at radius 2 is 1.18 bits per heavy atom. The van der Waals surface area contributed by atoms with Crippen molar-refractivity contribution in [2.45, 2.75) is 19.9 Å². The lowest BCUT2D eigenvalue weighted by Crippen LogP contribution is -2.54. The molecule has 10 nitrogen and oxygen atoms in total. The smallest absolute Gasteiger partial charge is 0.269 e. The second-order valence-electron chi connectivity index (χ2n) is 8.60. The Morgan fingerprint density at radius 1 is 0.658 bits per heavy atom. The van der Waals surface area contributed by atoms with Crippen LogP contribution in [0.4, 0.5) is 5.69 Å².